The fraction of sp³-hybridized carbons (Fsp3) is 0.188. The SMILES string of the molecule is CC(Cc1ccc(Cl)cc1)Nc1cccc(F)c1C#N. The van der Waals surface area contributed by atoms with E-state index in [2.05, 4.69) is 5.32 Å². The first kappa shape index (κ1) is 14.4. The standard InChI is InChI=1S/C16H14ClFN2/c1-11(9-12-5-7-13(17)8-6-12)20-16-4-2-3-15(18)14(16)10-19/h2-8,11,20H,9H2,1H3. The van der Waals surface area contributed by atoms with E-state index in [1.165, 1.54) is 6.07 Å². The van der Waals surface area contributed by atoms with Gasteiger partial charge < -0.3 is 5.32 Å². The molecule has 102 valence electrons. The number of nitrogens with one attached hydrogen (secondary N) is 1. The Morgan fingerprint density at radius 3 is 2.60 bits per heavy atom. The third kappa shape index (κ3) is 3.49. The largest absolute Gasteiger partial charge is 0.381 e. The summed E-state index contributed by atoms with van der Waals surface area (Å²) in [4.78, 5) is 0. The van der Waals surface area contributed by atoms with Gasteiger partial charge in [0.15, 0.2) is 0 Å². The molecular formula is C16H14ClFN2. The molecular weight excluding hydrogens is 275 g/mol. The van der Waals surface area contributed by atoms with Gasteiger partial charge in [-0.15, -0.1) is 0 Å². The van der Waals surface area contributed by atoms with Crippen molar-refractivity contribution in [1.82, 2.24) is 0 Å². The first-order valence-corrected chi connectivity index (χ1v) is 6.67. The lowest BCUT2D eigenvalue weighted by Gasteiger charge is -2.16. The zero-order valence-corrected chi connectivity index (χ0v) is 11.8. The predicted molar refractivity (Wildman–Crippen MR) is 79.4 cm³/mol. The molecule has 2 aromatic rings. The smallest absolute Gasteiger partial charge is 0.143 e. The molecule has 20 heavy (non-hydrogen) atoms. The molecule has 0 spiro atoms. The lowest BCUT2D eigenvalue weighted by Crippen LogP contribution is -2.19. The van der Waals surface area contributed by atoms with Gasteiger partial charge in [-0.25, -0.2) is 4.39 Å². The molecule has 0 amide bonds. The van der Waals surface area contributed by atoms with Crippen molar-refractivity contribution < 1.29 is 4.39 Å². The lowest BCUT2D eigenvalue weighted by atomic mass is 10.1. The molecule has 2 rings (SSSR count). The van der Waals surface area contributed by atoms with Gasteiger partial charge in [-0.1, -0.05) is 29.8 Å². The number of halogens is 2. The van der Waals surface area contributed by atoms with Crippen molar-refractivity contribution >= 4 is 17.3 Å². The van der Waals surface area contributed by atoms with Crippen LogP contribution in [0.5, 0.6) is 0 Å². The first-order chi connectivity index (χ1) is 9.60. The topological polar surface area (TPSA) is 35.8 Å². The molecule has 1 atom stereocenters. The van der Waals surface area contributed by atoms with Crippen molar-refractivity contribution in [2.45, 2.75) is 19.4 Å². The van der Waals surface area contributed by atoms with Gasteiger partial charge in [0.25, 0.3) is 0 Å². The van der Waals surface area contributed by atoms with E-state index in [1.54, 1.807) is 12.1 Å². The van der Waals surface area contributed by atoms with Gasteiger partial charge in [-0.3, -0.25) is 0 Å². The van der Waals surface area contributed by atoms with Crippen LogP contribution >= 0.6 is 11.6 Å². The summed E-state index contributed by atoms with van der Waals surface area (Å²) >= 11 is 5.84. The van der Waals surface area contributed by atoms with E-state index in [0.29, 0.717) is 10.7 Å². The van der Waals surface area contributed by atoms with Crippen LogP contribution in [0.2, 0.25) is 5.02 Å². The van der Waals surface area contributed by atoms with Crippen LogP contribution in [-0.4, -0.2) is 6.04 Å². The summed E-state index contributed by atoms with van der Waals surface area (Å²) in [6, 6.07) is 14.1. The Kier molecular flexibility index (Phi) is 4.60. The van der Waals surface area contributed by atoms with E-state index in [0.717, 1.165) is 12.0 Å². The van der Waals surface area contributed by atoms with Crippen molar-refractivity contribution in [3.05, 3.63) is 64.4 Å². The lowest BCUT2D eigenvalue weighted by molar-refractivity contribution is 0.624. The minimum Gasteiger partial charge on any atom is -0.381 e. The van der Waals surface area contributed by atoms with E-state index in [9.17, 15) is 4.39 Å². The molecule has 0 aromatic heterocycles. The van der Waals surface area contributed by atoms with Gasteiger partial charge in [-0.05, 0) is 43.2 Å². The molecule has 2 aromatic carbocycles. The number of benzene rings is 2. The normalized spacial score (nSPS) is 11.7. The van der Waals surface area contributed by atoms with Gasteiger partial charge in [0.2, 0.25) is 0 Å². The Morgan fingerprint density at radius 2 is 1.95 bits per heavy atom. The summed E-state index contributed by atoms with van der Waals surface area (Å²) in [5.41, 5.74) is 1.70. The van der Waals surface area contributed by atoms with Crippen molar-refractivity contribution in [2.24, 2.45) is 0 Å². The maximum atomic E-state index is 13.5. The second-order valence-electron chi connectivity index (χ2n) is 4.65. The Bertz CT molecular complexity index is 632. The Morgan fingerprint density at radius 1 is 1.25 bits per heavy atom. The minimum absolute atomic E-state index is 0.0513. The van der Waals surface area contributed by atoms with Crippen LogP contribution in [0.1, 0.15) is 18.1 Å². The van der Waals surface area contributed by atoms with Gasteiger partial charge >= 0.3 is 0 Å². The van der Waals surface area contributed by atoms with Crippen LogP contribution in [-0.2, 0) is 6.42 Å². The molecule has 0 bridgehead atoms. The molecule has 2 nitrogen and oxygen atoms in total. The molecule has 0 radical (unpaired) electrons. The maximum Gasteiger partial charge on any atom is 0.143 e. The fourth-order valence-corrected chi connectivity index (χ4v) is 2.17. The molecule has 1 unspecified atom stereocenters. The van der Waals surface area contributed by atoms with Crippen molar-refractivity contribution in [2.75, 3.05) is 5.32 Å². The van der Waals surface area contributed by atoms with Gasteiger partial charge in [0, 0.05) is 11.1 Å². The highest BCUT2D eigenvalue weighted by Gasteiger charge is 2.10. The average molecular weight is 289 g/mol. The number of hydrogen-bond acceptors (Lipinski definition) is 2. The molecule has 0 aliphatic carbocycles. The van der Waals surface area contributed by atoms with Crippen molar-refractivity contribution in [1.29, 1.82) is 5.26 Å². The highest BCUT2D eigenvalue weighted by Crippen LogP contribution is 2.20. The maximum absolute atomic E-state index is 13.5. The van der Waals surface area contributed by atoms with E-state index in [4.69, 9.17) is 16.9 Å². The zero-order chi connectivity index (χ0) is 14.5. The van der Waals surface area contributed by atoms with Crippen LogP contribution in [0, 0.1) is 17.1 Å². The Balaban J connectivity index is 2.09. The fourth-order valence-electron chi connectivity index (χ4n) is 2.05. The molecule has 0 saturated heterocycles. The van der Waals surface area contributed by atoms with Crippen LogP contribution < -0.4 is 5.32 Å². The van der Waals surface area contributed by atoms with E-state index in [-0.39, 0.29) is 11.6 Å². The summed E-state index contributed by atoms with van der Waals surface area (Å²) in [6.45, 7) is 1.99. The summed E-state index contributed by atoms with van der Waals surface area (Å²) in [5.74, 6) is -0.504. The number of nitriles is 1. The predicted octanol–water partition coefficient (Wildman–Crippen LogP) is 4.39. The minimum atomic E-state index is -0.504. The molecule has 0 saturated carbocycles. The highest BCUT2D eigenvalue weighted by molar-refractivity contribution is 6.30. The molecule has 0 heterocycles. The second-order valence-corrected chi connectivity index (χ2v) is 5.09. The monoisotopic (exact) mass is 288 g/mol. The molecule has 4 heteroatoms. The van der Waals surface area contributed by atoms with Crippen LogP contribution in [0.15, 0.2) is 42.5 Å². The van der Waals surface area contributed by atoms with E-state index >= 15 is 0 Å². The Labute approximate surface area is 122 Å². The Hall–Kier alpha value is -2.05. The number of anilines is 1. The van der Waals surface area contributed by atoms with E-state index in [1.807, 2.05) is 37.3 Å². The molecule has 0 aliphatic heterocycles. The molecule has 0 fully saturated rings. The summed E-state index contributed by atoms with van der Waals surface area (Å²) in [6.07, 6.45) is 0.762. The third-order valence-corrected chi connectivity index (χ3v) is 3.23. The summed E-state index contributed by atoms with van der Waals surface area (Å²) < 4.78 is 13.5. The van der Waals surface area contributed by atoms with Gasteiger partial charge in [0.1, 0.15) is 17.4 Å². The number of hydrogen-bond donors (Lipinski definition) is 1. The third-order valence-electron chi connectivity index (χ3n) is 2.98. The molecule has 1 N–H and O–H groups in total. The summed E-state index contributed by atoms with van der Waals surface area (Å²) in [7, 11) is 0. The van der Waals surface area contributed by atoms with Crippen LogP contribution in [0.4, 0.5) is 10.1 Å². The van der Waals surface area contributed by atoms with E-state index < -0.39 is 5.82 Å². The van der Waals surface area contributed by atoms with Crippen molar-refractivity contribution in [3.8, 4) is 6.07 Å². The highest BCUT2D eigenvalue weighted by atomic mass is 35.5. The van der Waals surface area contributed by atoms with Crippen LogP contribution in [0.25, 0.3) is 0 Å². The summed E-state index contributed by atoms with van der Waals surface area (Å²) in [5, 5.41) is 12.9. The first-order valence-electron chi connectivity index (χ1n) is 6.29. The van der Waals surface area contributed by atoms with Crippen LogP contribution in [0.3, 0.4) is 0 Å². The van der Waals surface area contributed by atoms with Gasteiger partial charge in [0.05, 0.1) is 5.69 Å². The zero-order valence-electron chi connectivity index (χ0n) is 11.0. The van der Waals surface area contributed by atoms with Gasteiger partial charge in [-0.2, -0.15) is 5.26 Å². The average Bonchev–Trinajstić information content (AvgIpc) is 2.42. The number of rotatable bonds is 4. The second kappa shape index (κ2) is 6.40. The van der Waals surface area contributed by atoms with Crippen molar-refractivity contribution in [3.63, 3.8) is 0 Å². The molecule has 0 aliphatic rings. The quantitative estimate of drug-likeness (QED) is 0.905. The number of nitrogens with zero attached hydrogens (tertiary/aromatic N) is 1.